The van der Waals surface area contributed by atoms with Gasteiger partial charge in [-0.2, -0.15) is 0 Å². The largest absolute Gasteiger partial charge is 0.467 e. The highest BCUT2D eigenvalue weighted by Gasteiger charge is 2.63. The first-order valence-corrected chi connectivity index (χ1v) is 27.1. The molecule has 1 aromatic carbocycles. The third-order valence-corrected chi connectivity index (χ3v) is 15.8. The number of hydrogen-bond acceptors (Lipinski definition) is 15. The molecule has 2 saturated heterocycles. The predicted molar refractivity (Wildman–Crippen MR) is 292 cm³/mol. The lowest BCUT2D eigenvalue weighted by Crippen LogP contribution is -2.60. The van der Waals surface area contributed by atoms with E-state index in [0.717, 1.165) is 51.4 Å². The van der Waals surface area contributed by atoms with Gasteiger partial charge in [0.05, 0.1) is 37.4 Å². The van der Waals surface area contributed by atoms with E-state index >= 15 is 0 Å². The fraction of sp³-hybridized carbons (Fsp3) is 0.661. The van der Waals surface area contributed by atoms with E-state index in [2.05, 4.69) is 45.1 Å². The fourth-order valence-corrected chi connectivity index (χ4v) is 11.1. The van der Waals surface area contributed by atoms with E-state index in [-0.39, 0.29) is 74.9 Å². The van der Waals surface area contributed by atoms with Crippen LogP contribution in [0.4, 0.5) is 15.3 Å². The van der Waals surface area contributed by atoms with Gasteiger partial charge < -0.3 is 61.0 Å². The molecular weight excluding hydrogens is 1040 g/mol. The molecule has 4 saturated carbocycles. The van der Waals surface area contributed by atoms with Crippen molar-refractivity contribution in [1.29, 1.82) is 0 Å². The van der Waals surface area contributed by atoms with Gasteiger partial charge in [0.1, 0.15) is 41.3 Å². The molecule has 0 aromatic heterocycles. The van der Waals surface area contributed by atoms with Crippen LogP contribution in [-0.4, -0.2) is 160 Å². The molecule has 80 heavy (non-hydrogen) atoms. The van der Waals surface area contributed by atoms with Crippen LogP contribution in [0.25, 0.3) is 0 Å². The van der Waals surface area contributed by atoms with E-state index < -0.39 is 117 Å². The molecule has 24 heteroatoms. The number of nitro groups is 1. The Labute approximate surface area is 467 Å². The second kappa shape index (κ2) is 26.0. The zero-order chi connectivity index (χ0) is 58.4. The molecule has 2 aliphatic heterocycles. The molecule has 6 fully saturated rings. The third-order valence-electron chi connectivity index (χ3n) is 15.8. The summed E-state index contributed by atoms with van der Waals surface area (Å²) < 4.78 is 15.5. The first-order valence-electron chi connectivity index (χ1n) is 27.1. The molecule has 4 aliphatic carbocycles. The van der Waals surface area contributed by atoms with Crippen LogP contribution in [0.3, 0.4) is 0 Å². The average Bonchev–Trinajstić information content (AvgIpc) is 3.85. The van der Waals surface area contributed by atoms with Crippen molar-refractivity contribution in [1.82, 2.24) is 41.7 Å². The second-order valence-corrected chi connectivity index (χ2v) is 23.8. The number of carbonyl (C=O) groups is 9. The minimum atomic E-state index is -1.32. The van der Waals surface area contributed by atoms with Crippen molar-refractivity contribution in [2.24, 2.45) is 22.7 Å². The first kappa shape index (κ1) is 63.7. The van der Waals surface area contributed by atoms with Gasteiger partial charge in [0, 0.05) is 55.4 Å². The van der Waals surface area contributed by atoms with Crippen LogP contribution in [0.15, 0.2) is 49.6 Å². The quantitative estimate of drug-likeness (QED) is 0.0380. The average molecular weight is 1120 g/mol. The van der Waals surface area contributed by atoms with Gasteiger partial charge in [-0.05, 0) is 61.5 Å². The number of methoxy groups -OCH3 is 2. The zero-order valence-electron chi connectivity index (χ0n) is 46.6. The Kier molecular flexibility index (Phi) is 20.7. The number of nitro benzene ring substituents is 1. The highest BCUT2D eigenvalue weighted by molar-refractivity contribution is 5.98. The molecule has 0 bridgehead atoms. The van der Waals surface area contributed by atoms with Crippen LogP contribution in [0, 0.1) is 32.8 Å². The summed E-state index contributed by atoms with van der Waals surface area (Å²) in [4.78, 5) is 131. The van der Waals surface area contributed by atoms with Crippen molar-refractivity contribution in [3.05, 3.63) is 65.3 Å². The van der Waals surface area contributed by atoms with Crippen molar-refractivity contribution < 1.29 is 67.4 Å². The Balaban J connectivity index is 0.000000302. The van der Waals surface area contributed by atoms with E-state index in [0.29, 0.717) is 6.42 Å². The van der Waals surface area contributed by atoms with Crippen LogP contribution < -0.4 is 31.9 Å². The Bertz CT molecular complexity index is 2520. The van der Waals surface area contributed by atoms with Crippen molar-refractivity contribution in [2.45, 2.75) is 186 Å². The number of aliphatic hydroxyl groups excluding tert-OH is 1. The van der Waals surface area contributed by atoms with Gasteiger partial charge in [-0.15, -0.1) is 13.2 Å². The summed E-state index contributed by atoms with van der Waals surface area (Å²) >= 11 is 0. The molecule has 442 valence electrons. The van der Waals surface area contributed by atoms with E-state index in [4.69, 9.17) is 14.2 Å². The highest BCUT2D eigenvalue weighted by Crippen LogP contribution is 2.47. The number of aliphatic hydroxyl groups is 1. The summed E-state index contributed by atoms with van der Waals surface area (Å²) in [5.74, 6) is -4.81. The van der Waals surface area contributed by atoms with E-state index in [1.54, 1.807) is 32.9 Å². The van der Waals surface area contributed by atoms with Crippen molar-refractivity contribution >= 4 is 59.3 Å². The van der Waals surface area contributed by atoms with Gasteiger partial charge in [0.15, 0.2) is 0 Å². The number of β-amino-alcohol motifs (C(OH)–C–C–N with tert-alkyl or cyclic N) is 1. The molecule has 0 unspecified atom stereocenters. The summed E-state index contributed by atoms with van der Waals surface area (Å²) in [5.41, 5.74) is -4.07. The number of nitrogens with zero attached hydrogens (tertiary/aromatic N) is 3. The Morgan fingerprint density at radius 3 is 1.45 bits per heavy atom. The van der Waals surface area contributed by atoms with Crippen LogP contribution in [0.5, 0.6) is 0 Å². The molecule has 0 spiro atoms. The molecule has 7 rings (SSSR count). The smallest absolute Gasteiger partial charge is 0.338 e. The summed E-state index contributed by atoms with van der Waals surface area (Å²) in [5, 5.41) is 38.2. The standard InChI is InChI=1S/C31H41N5O9.C24H38N4O6.CH4/c1-6-19-16-31(19,28(40)44-5)34-25(37)23-15-22(45-27(39)18-11-13-21(14-12-18)36(42)43)17-35(23)26(38)24(30(2,3)4)33-29(41)32-20-9-7-8-10-20;1-6-14-12-24(14,21(32)34-5)27-19(30)17-11-16(29)13-28(17)20(31)18(23(2,3)4)26-22(33)25-15-9-7-8-10-15;/h6,11-14,19-20,22-24H,1,7-10,15-17H2,2-5H3,(H,34,37)(H2,32,33,41);6,14-18,29H,1,7-13H2,2-5H3,(H,27,30)(H2,25,26,33);1H4/t19-,22+,23+,24-,31-;14-,16+,17+,18-,24-;/m11./s1. The minimum absolute atomic E-state index is 0. The fourth-order valence-electron chi connectivity index (χ4n) is 11.1. The Morgan fingerprint density at radius 1 is 0.688 bits per heavy atom. The van der Waals surface area contributed by atoms with E-state index in [9.17, 15) is 58.4 Å². The topological polar surface area (TPSA) is 323 Å². The molecule has 10 atom stereocenters. The van der Waals surface area contributed by atoms with Gasteiger partial charge in [0.2, 0.25) is 23.6 Å². The Morgan fingerprint density at radius 2 is 1.09 bits per heavy atom. The van der Waals surface area contributed by atoms with E-state index in [1.165, 1.54) is 48.3 Å². The maximum atomic E-state index is 14.2. The predicted octanol–water partition coefficient (Wildman–Crippen LogP) is 4.09. The summed E-state index contributed by atoms with van der Waals surface area (Å²) in [7, 11) is 2.46. The summed E-state index contributed by atoms with van der Waals surface area (Å²) in [6, 6.07) is -0.0260. The van der Waals surface area contributed by atoms with Gasteiger partial charge in [0.25, 0.3) is 5.69 Å². The molecule has 6 aliphatic rings. The van der Waals surface area contributed by atoms with Crippen LogP contribution in [0.2, 0.25) is 0 Å². The normalized spacial score (nSPS) is 26.8. The lowest BCUT2D eigenvalue weighted by molar-refractivity contribution is -0.384. The lowest BCUT2D eigenvalue weighted by Gasteiger charge is -2.35. The number of esters is 3. The summed E-state index contributed by atoms with van der Waals surface area (Å²) in [6.45, 7) is 18.1. The molecule has 0 radical (unpaired) electrons. The van der Waals surface area contributed by atoms with Gasteiger partial charge in [-0.1, -0.05) is 86.8 Å². The van der Waals surface area contributed by atoms with Crippen LogP contribution in [0.1, 0.15) is 136 Å². The monoisotopic (exact) mass is 1120 g/mol. The van der Waals surface area contributed by atoms with Crippen LogP contribution in [-0.2, 0) is 43.0 Å². The lowest BCUT2D eigenvalue weighted by atomic mass is 9.85. The van der Waals surface area contributed by atoms with Gasteiger partial charge in [-0.25, -0.2) is 24.0 Å². The van der Waals surface area contributed by atoms with Crippen molar-refractivity contribution in [3.63, 3.8) is 0 Å². The van der Waals surface area contributed by atoms with Gasteiger partial charge >= 0.3 is 30.0 Å². The molecule has 24 nitrogen and oxygen atoms in total. The zero-order valence-corrected chi connectivity index (χ0v) is 46.6. The number of non-ortho nitro benzene ring substituents is 1. The highest BCUT2D eigenvalue weighted by atomic mass is 16.6. The van der Waals surface area contributed by atoms with Crippen molar-refractivity contribution in [2.75, 3.05) is 27.3 Å². The number of carbonyl (C=O) groups excluding carboxylic acids is 9. The van der Waals surface area contributed by atoms with E-state index in [1.807, 2.05) is 20.8 Å². The maximum absolute atomic E-state index is 14.2. The number of rotatable bonds is 17. The number of amides is 8. The molecule has 1 aromatic rings. The summed E-state index contributed by atoms with van der Waals surface area (Å²) in [6.07, 6.45) is 9.60. The number of benzene rings is 1. The molecule has 2 heterocycles. The molecule has 7 N–H and O–H groups in total. The molecule has 8 amide bonds. The third kappa shape index (κ3) is 14.8. The Hall–Kier alpha value is -7.11. The maximum Gasteiger partial charge on any atom is 0.338 e. The molecular formula is C56H83N9O15. The number of hydrogen-bond donors (Lipinski definition) is 7. The number of likely N-dealkylation sites (tertiary alicyclic amines) is 2. The number of urea groups is 2. The first-order chi connectivity index (χ1) is 37.1. The van der Waals surface area contributed by atoms with Crippen LogP contribution >= 0.6 is 0 Å². The second-order valence-electron chi connectivity index (χ2n) is 23.8. The number of ether oxygens (including phenoxy) is 3. The van der Waals surface area contributed by atoms with Gasteiger partial charge in [-0.3, -0.25) is 29.3 Å². The SMILES string of the molecule is C.C=C[C@@H]1C[C@]1(NC(=O)[C@@H]1C[C@H](O)CN1C(=O)[C@@H](NC(=O)NC1CCCC1)C(C)(C)C)C(=O)OC.C=C[C@@H]1C[C@]1(NC(=O)[C@@H]1C[C@H](OC(=O)c2ccc([N+](=O)[O-])cc2)CN1C(=O)[C@@H](NC(=O)NC1CCCC1)C(C)(C)C)C(=O)OC. The minimum Gasteiger partial charge on any atom is -0.467 e. The number of nitrogens with one attached hydrogen (secondary N) is 6. The van der Waals surface area contributed by atoms with Crippen molar-refractivity contribution in [3.8, 4) is 0 Å².